The first-order valence-electron chi connectivity index (χ1n) is 9.05. The van der Waals surface area contributed by atoms with Gasteiger partial charge in [0, 0.05) is 32.1 Å². The Morgan fingerprint density at radius 2 is 1.92 bits per heavy atom. The Bertz CT molecular complexity index is 985. The van der Waals surface area contributed by atoms with Gasteiger partial charge in [0.25, 0.3) is 5.56 Å². The molecule has 1 saturated heterocycles. The van der Waals surface area contributed by atoms with E-state index in [1.54, 1.807) is 6.07 Å². The Hall–Kier alpha value is -2.74. The molecule has 8 heteroatoms. The van der Waals surface area contributed by atoms with E-state index in [2.05, 4.69) is 30.0 Å². The molecule has 2 fully saturated rings. The third kappa shape index (κ3) is 2.96. The van der Waals surface area contributed by atoms with E-state index in [9.17, 15) is 4.79 Å². The second kappa shape index (κ2) is 6.21. The number of nitrogens with one attached hydrogen (secondary N) is 1. The van der Waals surface area contributed by atoms with Gasteiger partial charge >= 0.3 is 6.01 Å². The van der Waals surface area contributed by atoms with Crippen molar-refractivity contribution in [3.8, 4) is 0 Å². The predicted molar refractivity (Wildman–Crippen MR) is 96.1 cm³/mol. The number of piperazine rings is 1. The SMILES string of the molecule is O=c1[nH]c(CN2CCN(c3nnc(C4CC4)o3)CC2)nc2ccccc12. The molecule has 26 heavy (non-hydrogen) atoms. The molecular weight excluding hydrogens is 332 g/mol. The number of hydrogen-bond donors (Lipinski definition) is 1. The number of aromatic amines is 1. The number of hydrogen-bond acceptors (Lipinski definition) is 7. The van der Waals surface area contributed by atoms with Gasteiger partial charge in [0.1, 0.15) is 5.82 Å². The minimum Gasteiger partial charge on any atom is -0.408 e. The fraction of sp³-hybridized carbons (Fsp3) is 0.444. The van der Waals surface area contributed by atoms with Crippen molar-refractivity contribution in [1.82, 2.24) is 25.1 Å². The van der Waals surface area contributed by atoms with E-state index < -0.39 is 0 Å². The molecule has 2 aromatic heterocycles. The van der Waals surface area contributed by atoms with Crippen LogP contribution >= 0.6 is 0 Å². The number of anilines is 1. The van der Waals surface area contributed by atoms with E-state index in [0.717, 1.165) is 50.4 Å². The Labute approximate surface area is 149 Å². The standard InChI is InChI=1S/C18H20N6O2/c25-16-13-3-1-2-4-14(13)19-15(20-16)11-23-7-9-24(10-8-23)18-22-21-17(26-18)12-5-6-12/h1-4,12H,5-11H2,(H,19,20,25). The van der Waals surface area contributed by atoms with Gasteiger partial charge in [-0.3, -0.25) is 9.69 Å². The third-order valence-corrected chi connectivity index (χ3v) is 5.03. The molecule has 1 aliphatic carbocycles. The minimum absolute atomic E-state index is 0.0808. The quantitative estimate of drug-likeness (QED) is 0.761. The summed E-state index contributed by atoms with van der Waals surface area (Å²) < 4.78 is 5.79. The van der Waals surface area contributed by atoms with Crippen LogP contribution in [0.1, 0.15) is 30.5 Å². The van der Waals surface area contributed by atoms with Gasteiger partial charge in [-0.1, -0.05) is 17.2 Å². The molecule has 1 N–H and O–H groups in total. The number of aromatic nitrogens is 4. The van der Waals surface area contributed by atoms with E-state index in [1.807, 2.05) is 18.2 Å². The highest BCUT2D eigenvalue weighted by molar-refractivity contribution is 5.77. The zero-order chi connectivity index (χ0) is 17.5. The number of H-pyrrole nitrogens is 1. The van der Waals surface area contributed by atoms with Crippen molar-refractivity contribution in [2.24, 2.45) is 0 Å². The Balaban J connectivity index is 1.25. The lowest BCUT2D eigenvalue weighted by Crippen LogP contribution is -2.46. The topological polar surface area (TPSA) is 91.2 Å². The van der Waals surface area contributed by atoms with Crippen LogP contribution < -0.4 is 10.5 Å². The van der Waals surface area contributed by atoms with Gasteiger partial charge in [-0.25, -0.2) is 4.98 Å². The molecule has 2 aliphatic rings. The summed E-state index contributed by atoms with van der Waals surface area (Å²) in [5.41, 5.74) is 0.658. The highest BCUT2D eigenvalue weighted by Crippen LogP contribution is 2.39. The van der Waals surface area contributed by atoms with Crippen molar-refractivity contribution in [1.29, 1.82) is 0 Å². The van der Waals surface area contributed by atoms with Crippen LogP contribution in [0.3, 0.4) is 0 Å². The lowest BCUT2D eigenvalue weighted by atomic mass is 10.2. The largest absolute Gasteiger partial charge is 0.408 e. The molecule has 0 unspecified atom stereocenters. The first kappa shape index (κ1) is 15.5. The smallest absolute Gasteiger partial charge is 0.318 e. The Morgan fingerprint density at radius 1 is 1.12 bits per heavy atom. The highest BCUT2D eigenvalue weighted by Gasteiger charge is 2.30. The molecule has 0 radical (unpaired) electrons. The summed E-state index contributed by atoms with van der Waals surface area (Å²) in [6.45, 7) is 3.99. The zero-order valence-electron chi connectivity index (χ0n) is 14.4. The summed E-state index contributed by atoms with van der Waals surface area (Å²) in [4.78, 5) is 24.1. The van der Waals surface area contributed by atoms with Crippen LogP contribution in [0.15, 0.2) is 33.5 Å². The fourth-order valence-electron chi connectivity index (χ4n) is 3.37. The average Bonchev–Trinajstić information content (AvgIpc) is 3.40. The van der Waals surface area contributed by atoms with E-state index in [1.165, 1.54) is 0 Å². The minimum atomic E-state index is -0.0808. The van der Waals surface area contributed by atoms with Gasteiger partial charge in [-0.05, 0) is 25.0 Å². The molecule has 3 heterocycles. The molecule has 1 aromatic carbocycles. The molecule has 0 spiro atoms. The van der Waals surface area contributed by atoms with Gasteiger partial charge in [-0.15, -0.1) is 5.10 Å². The Morgan fingerprint density at radius 3 is 2.73 bits per heavy atom. The van der Waals surface area contributed by atoms with E-state index in [-0.39, 0.29) is 5.56 Å². The lowest BCUT2D eigenvalue weighted by Gasteiger charge is -2.33. The monoisotopic (exact) mass is 352 g/mol. The van der Waals surface area contributed by atoms with Crippen molar-refractivity contribution >= 4 is 16.9 Å². The van der Waals surface area contributed by atoms with Crippen LogP contribution in [0, 0.1) is 0 Å². The molecule has 1 aliphatic heterocycles. The van der Waals surface area contributed by atoms with Gasteiger partial charge in [-0.2, -0.15) is 0 Å². The average molecular weight is 352 g/mol. The molecule has 0 amide bonds. The van der Waals surface area contributed by atoms with E-state index in [0.29, 0.717) is 29.7 Å². The normalized spacial score (nSPS) is 18.5. The maximum Gasteiger partial charge on any atom is 0.318 e. The molecule has 0 atom stereocenters. The number of fused-ring (bicyclic) bond motifs is 1. The van der Waals surface area contributed by atoms with Crippen molar-refractivity contribution in [2.75, 3.05) is 31.1 Å². The van der Waals surface area contributed by atoms with Gasteiger partial charge in [0.15, 0.2) is 0 Å². The van der Waals surface area contributed by atoms with Gasteiger partial charge in [0.05, 0.1) is 17.4 Å². The van der Waals surface area contributed by atoms with Crippen LogP contribution in [-0.2, 0) is 6.54 Å². The van der Waals surface area contributed by atoms with Crippen LogP contribution in [0.4, 0.5) is 6.01 Å². The third-order valence-electron chi connectivity index (χ3n) is 5.03. The molecule has 1 saturated carbocycles. The maximum absolute atomic E-state index is 12.2. The number of rotatable bonds is 4. The second-order valence-electron chi connectivity index (χ2n) is 6.99. The fourth-order valence-corrected chi connectivity index (χ4v) is 3.37. The van der Waals surface area contributed by atoms with Gasteiger partial charge < -0.3 is 14.3 Å². The molecule has 8 nitrogen and oxygen atoms in total. The van der Waals surface area contributed by atoms with Crippen molar-refractivity contribution in [3.63, 3.8) is 0 Å². The summed E-state index contributed by atoms with van der Waals surface area (Å²) in [6, 6.07) is 8.05. The number of para-hydroxylation sites is 1. The van der Waals surface area contributed by atoms with Crippen LogP contribution in [0.5, 0.6) is 0 Å². The van der Waals surface area contributed by atoms with Crippen molar-refractivity contribution < 1.29 is 4.42 Å². The maximum atomic E-state index is 12.2. The molecular formula is C18H20N6O2. The summed E-state index contributed by atoms with van der Waals surface area (Å²) >= 11 is 0. The predicted octanol–water partition coefficient (Wildman–Crippen LogP) is 1.51. The van der Waals surface area contributed by atoms with Gasteiger partial charge in [0.2, 0.25) is 5.89 Å². The van der Waals surface area contributed by atoms with Crippen LogP contribution in [-0.4, -0.2) is 51.2 Å². The van der Waals surface area contributed by atoms with Crippen molar-refractivity contribution in [3.05, 3.63) is 46.3 Å². The van der Waals surface area contributed by atoms with Crippen LogP contribution in [0.2, 0.25) is 0 Å². The molecule has 5 rings (SSSR count). The second-order valence-corrected chi connectivity index (χ2v) is 6.99. The summed E-state index contributed by atoms with van der Waals surface area (Å²) in [7, 11) is 0. The molecule has 3 aromatic rings. The molecule has 134 valence electrons. The Kier molecular flexibility index (Phi) is 3.70. The van der Waals surface area contributed by atoms with Crippen molar-refractivity contribution in [2.45, 2.75) is 25.3 Å². The zero-order valence-corrected chi connectivity index (χ0v) is 14.4. The first-order chi connectivity index (χ1) is 12.8. The number of benzene rings is 1. The van der Waals surface area contributed by atoms with E-state index >= 15 is 0 Å². The van der Waals surface area contributed by atoms with Crippen LogP contribution in [0.25, 0.3) is 10.9 Å². The number of nitrogens with zero attached hydrogens (tertiary/aromatic N) is 5. The summed E-state index contributed by atoms with van der Waals surface area (Å²) in [5, 5.41) is 8.97. The summed E-state index contributed by atoms with van der Waals surface area (Å²) in [5.74, 6) is 1.96. The van der Waals surface area contributed by atoms with E-state index in [4.69, 9.17) is 4.42 Å². The first-order valence-corrected chi connectivity index (χ1v) is 9.05. The summed E-state index contributed by atoms with van der Waals surface area (Å²) in [6.07, 6.45) is 2.32. The lowest BCUT2D eigenvalue weighted by molar-refractivity contribution is 0.239. The molecule has 0 bridgehead atoms. The highest BCUT2D eigenvalue weighted by atomic mass is 16.4.